The van der Waals surface area contributed by atoms with Gasteiger partial charge in [-0.1, -0.05) is 39.0 Å². The van der Waals surface area contributed by atoms with Gasteiger partial charge in [-0.2, -0.15) is 0 Å². The van der Waals surface area contributed by atoms with Crippen molar-refractivity contribution in [2.45, 2.75) is 33.4 Å². The largest absolute Gasteiger partial charge is 0.369 e. The molecule has 0 saturated carbocycles. The molecule has 1 radical (unpaired) electrons. The maximum absolute atomic E-state index is 3.50. The van der Waals surface area contributed by atoms with Gasteiger partial charge in [-0.25, -0.2) is 0 Å². The standard InChI is InChI=1S/C13H21N2/c1-4-13(15(5-2)6-3)14-12-10-8-7-9-11-12/h7-10,13-14H,4-6H2,1-3H3. The van der Waals surface area contributed by atoms with E-state index in [0.717, 1.165) is 25.2 Å². The fraction of sp³-hybridized carbons (Fsp3) is 0.538. The molecule has 0 spiro atoms. The van der Waals surface area contributed by atoms with Crippen LogP contribution < -0.4 is 5.32 Å². The molecule has 1 rings (SSSR count). The van der Waals surface area contributed by atoms with Crippen molar-refractivity contribution in [2.24, 2.45) is 0 Å². The molecule has 2 heteroatoms. The molecule has 1 aromatic carbocycles. The highest BCUT2D eigenvalue weighted by Gasteiger charge is 2.12. The number of nitrogens with one attached hydrogen (secondary N) is 1. The smallest absolute Gasteiger partial charge is 0.0790 e. The number of nitrogens with zero attached hydrogens (tertiary/aromatic N) is 1. The van der Waals surface area contributed by atoms with E-state index in [1.807, 2.05) is 18.2 Å². The molecule has 83 valence electrons. The fourth-order valence-corrected chi connectivity index (χ4v) is 1.78. The number of benzene rings is 1. The predicted octanol–water partition coefficient (Wildman–Crippen LogP) is 2.98. The minimum atomic E-state index is 0.415. The Morgan fingerprint density at radius 1 is 1.27 bits per heavy atom. The molecule has 0 aliphatic carbocycles. The molecule has 0 aliphatic heterocycles. The molecule has 1 aromatic rings. The third-order valence-corrected chi connectivity index (χ3v) is 2.67. The zero-order chi connectivity index (χ0) is 11.1. The maximum atomic E-state index is 3.50. The predicted molar refractivity (Wildman–Crippen MR) is 65.9 cm³/mol. The lowest BCUT2D eigenvalue weighted by Gasteiger charge is -2.30. The van der Waals surface area contributed by atoms with Gasteiger partial charge >= 0.3 is 0 Å². The van der Waals surface area contributed by atoms with Crippen LogP contribution in [0.15, 0.2) is 24.3 Å². The van der Waals surface area contributed by atoms with Crippen molar-refractivity contribution in [3.63, 3.8) is 0 Å². The van der Waals surface area contributed by atoms with Crippen LogP contribution in [0.3, 0.4) is 0 Å². The Morgan fingerprint density at radius 2 is 2.00 bits per heavy atom. The van der Waals surface area contributed by atoms with Gasteiger partial charge in [-0.15, -0.1) is 0 Å². The monoisotopic (exact) mass is 205 g/mol. The van der Waals surface area contributed by atoms with Crippen LogP contribution in [0.25, 0.3) is 0 Å². The van der Waals surface area contributed by atoms with Crippen LogP contribution in [0.4, 0.5) is 5.69 Å². The molecule has 1 N–H and O–H groups in total. The minimum Gasteiger partial charge on any atom is -0.369 e. The van der Waals surface area contributed by atoms with E-state index in [2.05, 4.69) is 43.1 Å². The van der Waals surface area contributed by atoms with Crippen molar-refractivity contribution in [1.29, 1.82) is 0 Å². The summed E-state index contributed by atoms with van der Waals surface area (Å²) in [7, 11) is 0. The molecule has 0 aliphatic rings. The molecular weight excluding hydrogens is 184 g/mol. The van der Waals surface area contributed by atoms with Crippen LogP contribution in [0.5, 0.6) is 0 Å². The van der Waals surface area contributed by atoms with Gasteiger partial charge < -0.3 is 5.32 Å². The van der Waals surface area contributed by atoms with Gasteiger partial charge in [-0.05, 0) is 25.6 Å². The Bertz CT molecular complexity index is 254. The number of anilines is 1. The van der Waals surface area contributed by atoms with Crippen LogP contribution in [0.1, 0.15) is 27.2 Å². The summed E-state index contributed by atoms with van der Waals surface area (Å²) >= 11 is 0. The van der Waals surface area contributed by atoms with Crippen molar-refractivity contribution in [3.05, 3.63) is 30.3 Å². The molecule has 0 saturated heterocycles. The van der Waals surface area contributed by atoms with Gasteiger partial charge in [0.05, 0.1) is 6.17 Å². The summed E-state index contributed by atoms with van der Waals surface area (Å²) in [5.74, 6) is 0. The van der Waals surface area contributed by atoms with Gasteiger partial charge in [0.1, 0.15) is 0 Å². The first-order valence-corrected chi connectivity index (χ1v) is 5.79. The van der Waals surface area contributed by atoms with Crippen LogP contribution in [0, 0.1) is 6.07 Å². The zero-order valence-corrected chi connectivity index (χ0v) is 9.96. The first-order chi connectivity index (χ1) is 7.31. The number of hydrogen-bond acceptors (Lipinski definition) is 2. The summed E-state index contributed by atoms with van der Waals surface area (Å²) in [6.45, 7) is 8.76. The summed E-state index contributed by atoms with van der Waals surface area (Å²) in [6, 6.07) is 11.2. The number of rotatable bonds is 6. The van der Waals surface area contributed by atoms with Crippen LogP contribution in [-0.2, 0) is 0 Å². The van der Waals surface area contributed by atoms with E-state index >= 15 is 0 Å². The Balaban J connectivity index is 2.61. The van der Waals surface area contributed by atoms with E-state index in [4.69, 9.17) is 0 Å². The van der Waals surface area contributed by atoms with E-state index < -0.39 is 0 Å². The average Bonchev–Trinajstić information content (AvgIpc) is 2.30. The number of para-hydroxylation sites is 1. The van der Waals surface area contributed by atoms with Crippen molar-refractivity contribution in [3.8, 4) is 0 Å². The molecular formula is C13H21N2. The van der Waals surface area contributed by atoms with Crippen molar-refractivity contribution in [1.82, 2.24) is 4.90 Å². The lowest BCUT2D eigenvalue weighted by Crippen LogP contribution is -2.40. The van der Waals surface area contributed by atoms with Gasteiger partial charge in [0.15, 0.2) is 0 Å². The van der Waals surface area contributed by atoms with E-state index in [1.54, 1.807) is 0 Å². The summed E-state index contributed by atoms with van der Waals surface area (Å²) in [6.07, 6.45) is 1.52. The summed E-state index contributed by atoms with van der Waals surface area (Å²) in [4.78, 5) is 2.42. The number of hydrogen-bond donors (Lipinski definition) is 1. The minimum absolute atomic E-state index is 0.415. The molecule has 1 unspecified atom stereocenters. The maximum Gasteiger partial charge on any atom is 0.0790 e. The second-order valence-electron chi connectivity index (χ2n) is 3.57. The molecule has 1 atom stereocenters. The first-order valence-electron chi connectivity index (χ1n) is 5.79. The van der Waals surface area contributed by atoms with Crippen molar-refractivity contribution in [2.75, 3.05) is 18.4 Å². The lowest BCUT2D eigenvalue weighted by molar-refractivity contribution is 0.233. The van der Waals surface area contributed by atoms with Gasteiger partial charge in [0.25, 0.3) is 0 Å². The molecule has 0 aromatic heterocycles. The SMILES string of the molecule is CCC(Nc1[c]cccc1)N(CC)CC. The molecule has 15 heavy (non-hydrogen) atoms. The normalized spacial score (nSPS) is 12.8. The van der Waals surface area contributed by atoms with Crippen LogP contribution >= 0.6 is 0 Å². The molecule has 2 nitrogen and oxygen atoms in total. The second kappa shape index (κ2) is 6.46. The van der Waals surface area contributed by atoms with Crippen molar-refractivity contribution < 1.29 is 0 Å². The molecule has 0 fully saturated rings. The van der Waals surface area contributed by atoms with Crippen molar-refractivity contribution >= 4 is 5.69 Å². The Hall–Kier alpha value is -1.02. The summed E-state index contributed by atoms with van der Waals surface area (Å²) in [5.41, 5.74) is 1.08. The Morgan fingerprint density at radius 3 is 2.47 bits per heavy atom. The second-order valence-corrected chi connectivity index (χ2v) is 3.57. The quantitative estimate of drug-likeness (QED) is 0.718. The topological polar surface area (TPSA) is 15.3 Å². The molecule has 0 bridgehead atoms. The van der Waals surface area contributed by atoms with E-state index in [9.17, 15) is 0 Å². The van der Waals surface area contributed by atoms with E-state index in [-0.39, 0.29) is 0 Å². The van der Waals surface area contributed by atoms with Gasteiger partial charge in [-0.3, -0.25) is 4.90 Å². The van der Waals surface area contributed by atoms with E-state index in [0.29, 0.717) is 6.17 Å². The van der Waals surface area contributed by atoms with Crippen LogP contribution in [-0.4, -0.2) is 24.2 Å². The first kappa shape index (κ1) is 12.1. The highest BCUT2D eigenvalue weighted by atomic mass is 15.3. The molecule has 0 amide bonds. The third-order valence-electron chi connectivity index (χ3n) is 2.67. The Kier molecular flexibility index (Phi) is 5.19. The zero-order valence-electron chi connectivity index (χ0n) is 9.96. The average molecular weight is 205 g/mol. The molecule has 0 heterocycles. The lowest BCUT2D eigenvalue weighted by atomic mass is 10.2. The van der Waals surface area contributed by atoms with Gasteiger partial charge in [0, 0.05) is 11.8 Å². The summed E-state index contributed by atoms with van der Waals surface area (Å²) < 4.78 is 0. The summed E-state index contributed by atoms with van der Waals surface area (Å²) in [5, 5.41) is 3.50. The third kappa shape index (κ3) is 3.56. The fourth-order valence-electron chi connectivity index (χ4n) is 1.78. The van der Waals surface area contributed by atoms with Gasteiger partial charge in [0.2, 0.25) is 0 Å². The highest BCUT2D eigenvalue weighted by molar-refractivity contribution is 5.41. The Labute approximate surface area is 93.3 Å². The van der Waals surface area contributed by atoms with Crippen LogP contribution in [0.2, 0.25) is 0 Å². The van der Waals surface area contributed by atoms with E-state index in [1.165, 1.54) is 0 Å². The highest BCUT2D eigenvalue weighted by Crippen LogP contribution is 2.10.